The largest absolute Gasteiger partial charge is 0.416 e. The summed E-state index contributed by atoms with van der Waals surface area (Å²) in [5, 5.41) is 14.3. The molecule has 1 aliphatic heterocycles. The number of halogens is 3. The van der Waals surface area contributed by atoms with Gasteiger partial charge in [0.2, 0.25) is 11.7 Å². The fourth-order valence-electron chi connectivity index (χ4n) is 3.32. The van der Waals surface area contributed by atoms with Gasteiger partial charge in [0.15, 0.2) is 0 Å². The van der Waals surface area contributed by atoms with Crippen LogP contribution >= 0.6 is 0 Å². The van der Waals surface area contributed by atoms with E-state index in [0.717, 1.165) is 35.7 Å². The molecular formula is C20H19F3N6O. The van der Waals surface area contributed by atoms with E-state index in [1.54, 1.807) is 0 Å². The normalized spacial score (nSPS) is 14.2. The Hall–Kier alpha value is -3.43. The number of hydrogen-bond donors (Lipinski definition) is 1. The summed E-state index contributed by atoms with van der Waals surface area (Å²) in [4.78, 5) is 15.6. The smallest absolute Gasteiger partial charge is 0.372 e. The molecule has 0 spiro atoms. The number of hydrogen-bond acceptors (Lipinski definition) is 5. The molecule has 4 rings (SSSR count). The van der Waals surface area contributed by atoms with Crippen LogP contribution in [0.4, 0.5) is 24.5 Å². The molecule has 10 heteroatoms. The van der Waals surface area contributed by atoms with Crippen LogP contribution in [0.15, 0.2) is 48.5 Å². The number of tetrazole rings is 1. The van der Waals surface area contributed by atoms with Crippen molar-refractivity contribution in [3.05, 3.63) is 54.1 Å². The van der Waals surface area contributed by atoms with E-state index < -0.39 is 11.7 Å². The summed E-state index contributed by atoms with van der Waals surface area (Å²) in [5.74, 6) is -0.346. The first kappa shape index (κ1) is 19.9. The van der Waals surface area contributed by atoms with Gasteiger partial charge in [0, 0.05) is 30.0 Å². The zero-order valence-corrected chi connectivity index (χ0v) is 15.9. The van der Waals surface area contributed by atoms with Gasteiger partial charge in [-0.2, -0.15) is 18.0 Å². The van der Waals surface area contributed by atoms with Crippen LogP contribution < -0.4 is 10.2 Å². The summed E-state index contributed by atoms with van der Waals surface area (Å²) in [7, 11) is 0. The van der Waals surface area contributed by atoms with Crippen LogP contribution in [0, 0.1) is 0 Å². The van der Waals surface area contributed by atoms with E-state index in [0.29, 0.717) is 5.69 Å². The summed E-state index contributed by atoms with van der Waals surface area (Å²) in [6.07, 6.45) is -2.09. The molecule has 7 nitrogen and oxygen atoms in total. The number of benzene rings is 2. The molecule has 1 fully saturated rings. The first-order valence-corrected chi connectivity index (χ1v) is 9.49. The lowest BCUT2D eigenvalue weighted by Gasteiger charge is -2.17. The van der Waals surface area contributed by atoms with E-state index in [9.17, 15) is 18.0 Å². The van der Waals surface area contributed by atoms with Gasteiger partial charge in [-0.3, -0.25) is 4.79 Å². The predicted molar refractivity (Wildman–Crippen MR) is 105 cm³/mol. The maximum Gasteiger partial charge on any atom is 0.416 e. The second kappa shape index (κ2) is 8.13. The number of rotatable bonds is 5. The average molecular weight is 416 g/mol. The standard InChI is InChI=1S/C20H19F3N6O/c21-20(22,23)15-5-3-4-14(12-15)19-25-27-29(26-19)13-18(30)24-16-6-8-17(9-7-16)28-10-1-2-11-28/h3-9,12H,1-2,10-11,13H2,(H,24,30). The maximum atomic E-state index is 12.9. The molecule has 1 aliphatic rings. The fraction of sp³-hybridized carbons (Fsp3) is 0.300. The molecular weight excluding hydrogens is 397 g/mol. The summed E-state index contributed by atoms with van der Waals surface area (Å²) in [5.41, 5.74) is 1.13. The Kier molecular flexibility index (Phi) is 5.39. The number of aromatic nitrogens is 4. The van der Waals surface area contributed by atoms with Gasteiger partial charge in [0.05, 0.1) is 5.56 Å². The van der Waals surface area contributed by atoms with Crippen LogP contribution in [0.3, 0.4) is 0 Å². The first-order chi connectivity index (χ1) is 14.4. The van der Waals surface area contributed by atoms with Gasteiger partial charge in [0.1, 0.15) is 6.54 Å². The zero-order valence-electron chi connectivity index (χ0n) is 15.9. The summed E-state index contributed by atoms with van der Waals surface area (Å²) >= 11 is 0. The lowest BCUT2D eigenvalue weighted by Crippen LogP contribution is -2.21. The lowest BCUT2D eigenvalue weighted by atomic mass is 10.1. The topological polar surface area (TPSA) is 75.9 Å². The van der Waals surface area contributed by atoms with Crippen molar-refractivity contribution in [1.82, 2.24) is 20.2 Å². The van der Waals surface area contributed by atoms with Crippen LogP contribution in [0.1, 0.15) is 18.4 Å². The highest BCUT2D eigenvalue weighted by Crippen LogP contribution is 2.31. The second-order valence-corrected chi connectivity index (χ2v) is 7.01. The molecule has 1 aromatic heterocycles. The number of amides is 1. The highest BCUT2D eigenvalue weighted by atomic mass is 19.4. The minimum atomic E-state index is -4.46. The third-order valence-corrected chi connectivity index (χ3v) is 4.81. The number of anilines is 2. The average Bonchev–Trinajstić information content (AvgIpc) is 3.40. The van der Waals surface area contributed by atoms with E-state index in [1.165, 1.54) is 25.0 Å². The predicted octanol–water partition coefficient (Wildman–Crippen LogP) is 3.60. The Morgan fingerprint density at radius 2 is 1.80 bits per heavy atom. The van der Waals surface area contributed by atoms with E-state index >= 15 is 0 Å². The molecule has 1 saturated heterocycles. The molecule has 0 bridgehead atoms. The van der Waals surface area contributed by atoms with Crippen molar-refractivity contribution in [3.63, 3.8) is 0 Å². The van der Waals surface area contributed by atoms with Gasteiger partial charge in [-0.25, -0.2) is 0 Å². The lowest BCUT2D eigenvalue weighted by molar-refractivity contribution is -0.137. The van der Waals surface area contributed by atoms with Crippen LogP contribution in [0.5, 0.6) is 0 Å². The first-order valence-electron chi connectivity index (χ1n) is 9.49. The monoisotopic (exact) mass is 416 g/mol. The third-order valence-electron chi connectivity index (χ3n) is 4.81. The van der Waals surface area contributed by atoms with Crippen LogP contribution in [-0.2, 0) is 17.5 Å². The molecule has 2 aromatic carbocycles. The van der Waals surface area contributed by atoms with Crippen molar-refractivity contribution in [2.24, 2.45) is 0 Å². The van der Waals surface area contributed by atoms with Crippen LogP contribution in [0.2, 0.25) is 0 Å². The molecule has 0 radical (unpaired) electrons. The van der Waals surface area contributed by atoms with Crippen molar-refractivity contribution in [2.45, 2.75) is 25.6 Å². The number of carbonyl (C=O) groups excluding carboxylic acids is 1. The zero-order chi connectivity index (χ0) is 21.1. The van der Waals surface area contributed by atoms with Gasteiger partial charge < -0.3 is 10.2 Å². The quantitative estimate of drug-likeness (QED) is 0.688. The van der Waals surface area contributed by atoms with Gasteiger partial charge in [-0.1, -0.05) is 12.1 Å². The molecule has 0 atom stereocenters. The molecule has 1 amide bonds. The van der Waals surface area contributed by atoms with Crippen molar-refractivity contribution in [3.8, 4) is 11.4 Å². The summed E-state index contributed by atoms with van der Waals surface area (Å²) < 4.78 is 38.6. The van der Waals surface area contributed by atoms with Crippen LogP contribution in [-0.4, -0.2) is 39.2 Å². The Labute approximate surface area is 170 Å². The minimum Gasteiger partial charge on any atom is -0.372 e. The highest BCUT2D eigenvalue weighted by Gasteiger charge is 2.30. The third kappa shape index (κ3) is 4.58. The van der Waals surface area contributed by atoms with Crippen molar-refractivity contribution in [1.29, 1.82) is 0 Å². The minimum absolute atomic E-state index is 0.0175. The molecule has 0 aliphatic carbocycles. The fourth-order valence-corrected chi connectivity index (χ4v) is 3.32. The SMILES string of the molecule is O=C(Cn1nnc(-c2cccc(C(F)(F)F)c2)n1)Nc1ccc(N2CCCC2)cc1. The number of nitrogens with one attached hydrogen (secondary N) is 1. The van der Waals surface area contributed by atoms with E-state index in [1.807, 2.05) is 24.3 Å². The summed E-state index contributed by atoms with van der Waals surface area (Å²) in [6, 6.07) is 12.2. The van der Waals surface area contributed by atoms with Crippen molar-refractivity contribution >= 4 is 17.3 Å². The van der Waals surface area contributed by atoms with Gasteiger partial charge in [-0.15, -0.1) is 10.2 Å². The summed E-state index contributed by atoms with van der Waals surface area (Å²) in [6.45, 7) is 1.87. The Morgan fingerprint density at radius 1 is 1.07 bits per heavy atom. The molecule has 3 aromatic rings. The Balaban J connectivity index is 1.38. The molecule has 30 heavy (non-hydrogen) atoms. The Bertz CT molecular complexity index is 1030. The van der Waals surface area contributed by atoms with Crippen molar-refractivity contribution in [2.75, 3.05) is 23.3 Å². The number of nitrogens with zero attached hydrogens (tertiary/aromatic N) is 5. The maximum absolute atomic E-state index is 12.9. The van der Waals surface area contributed by atoms with Gasteiger partial charge >= 0.3 is 6.18 Å². The molecule has 1 N–H and O–H groups in total. The van der Waals surface area contributed by atoms with E-state index in [4.69, 9.17) is 0 Å². The van der Waals surface area contributed by atoms with E-state index in [-0.39, 0.29) is 23.8 Å². The van der Waals surface area contributed by atoms with E-state index in [2.05, 4.69) is 25.6 Å². The number of carbonyl (C=O) groups is 1. The Morgan fingerprint density at radius 3 is 2.50 bits per heavy atom. The molecule has 156 valence electrons. The second-order valence-electron chi connectivity index (χ2n) is 7.01. The van der Waals surface area contributed by atoms with Gasteiger partial charge in [-0.05, 0) is 54.5 Å². The van der Waals surface area contributed by atoms with Crippen molar-refractivity contribution < 1.29 is 18.0 Å². The highest BCUT2D eigenvalue weighted by molar-refractivity contribution is 5.90. The van der Waals surface area contributed by atoms with Crippen LogP contribution in [0.25, 0.3) is 11.4 Å². The molecule has 2 heterocycles. The molecule has 0 saturated carbocycles. The molecule has 0 unspecified atom stereocenters. The van der Waals surface area contributed by atoms with Gasteiger partial charge in [0.25, 0.3) is 0 Å². The number of alkyl halides is 3.